The highest BCUT2D eigenvalue weighted by Crippen LogP contribution is 2.43. The average molecular weight is 638 g/mol. The lowest BCUT2D eigenvalue weighted by Gasteiger charge is -2.13. The largest absolute Gasteiger partial charge is 0.455 e. The Morgan fingerprint density at radius 1 is 0.480 bits per heavy atom. The topological polar surface area (TPSA) is 43.9 Å². The molecule has 232 valence electrons. The van der Waals surface area contributed by atoms with Gasteiger partial charge in [0, 0.05) is 54.9 Å². The fourth-order valence-electron chi connectivity index (χ4n) is 7.97. The SMILES string of the molecule is c1cc(-c2ccc3ccc4cccnc4c3n2)cc(-c2cccc3oc4c5ccccc5c(-n5c6ccccc6c6ccccc65)cc4c23)c1. The van der Waals surface area contributed by atoms with Gasteiger partial charge in [-0.05, 0) is 53.6 Å². The van der Waals surface area contributed by atoms with E-state index >= 15 is 0 Å². The van der Waals surface area contributed by atoms with Gasteiger partial charge in [-0.15, -0.1) is 0 Å². The van der Waals surface area contributed by atoms with E-state index in [2.05, 4.69) is 161 Å². The molecule has 0 N–H and O–H groups in total. The Bertz CT molecular complexity index is 3110. The van der Waals surface area contributed by atoms with Crippen molar-refractivity contribution in [2.45, 2.75) is 0 Å². The third kappa shape index (κ3) is 3.87. The van der Waals surface area contributed by atoms with Crippen molar-refractivity contribution >= 4 is 76.3 Å². The summed E-state index contributed by atoms with van der Waals surface area (Å²) < 4.78 is 9.17. The number of para-hydroxylation sites is 2. The van der Waals surface area contributed by atoms with Crippen LogP contribution >= 0.6 is 0 Å². The van der Waals surface area contributed by atoms with E-state index in [0.717, 1.165) is 82.6 Å². The van der Waals surface area contributed by atoms with E-state index in [4.69, 9.17) is 9.40 Å². The molecule has 0 amide bonds. The van der Waals surface area contributed by atoms with Gasteiger partial charge in [0.1, 0.15) is 11.2 Å². The molecule has 0 unspecified atom stereocenters. The Morgan fingerprint density at radius 2 is 1.16 bits per heavy atom. The molecule has 0 aliphatic carbocycles. The molecule has 4 heterocycles. The fourth-order valence-corrected chi connectivity index (χ4v) is 7.97. The minimum absolute atomic E-state index is 0.869. The molecule has 0 aliphatic heterocycles. The van der Waals surface area contributed by atoms with Gasteiger partial charge in [0.15, 0.2) is 0 Å². The standard InChI is InChI=1S/C46H27N3O/c1-2-16-36-35(15-1)41(49-39-18-5-3-13-33(39)34-14-4-6-19-40(34)49)27-37-43-32(17-8-20-42(43)50-46(36)37)30-10-7-11-31(26-30)38-24-23-29-22-21-28-12-9-25-47-44(28)45(29)48-38/h1-27H. The minimum atomic E-state index is 0.869. The maximum Gasteiger partial charge on any atom is 0.143 e. The summed E-state index contributed by atoms with van der Waals surface area (Å²) >= 11 is 0. The van der Waals surface area contributed by atoms with Crippen molar-refractivity contribution < 1.29 is 4.42 Å². The molecule has 0 spiro atoms. The molecule has 0 bridgehead atoms. The Kier molecular flexibility index (Phi) is 5.63. The second kappa shape index (κ2) is 10.4. The molecule has 4 heteroatoms. The quantitative estimate of drug-likeness (QED) is 0.181. The van der Waals surface area contributed by atoms with Crippen molar-refractivity contribution in [3.8, 4) is 28.1 Å². The van der Waals surface area contributed by atoms with E-state index in [1.165, 1.54) is 21.8 Å². The molecule has 4 nitrogen and oxygen atoms in total. The molecule has 4 aromatic heterocycles. The summed E-state index contributed by atoms with van der Waals surface area (Å²) in [6.07, 6.45) is 1.84. The van der Waals surface area contributed by atoms with E-state index in [9.17, 15) is 0 Å². The number of rotatable bonds is 3. The molecular formula is C46H27N3O. The number of aromatic nitrogens is 3. The number of hydrogen-bond acceptors (Lipinski definition) is 3. The minimum Gasteiger partial charge on any atom is -0.455 e. The average Bonchev–Trinajstić information content (AvgIpc) is 3.73. The number of pyridine rings is 2. The van der Waals surface area contributed by atoms with Crippen molar-refractivity contribution in [2.75, 3.05) is 0 Å². The monoisotopic (exact) mass is 637 g/mol. The van der Waals surface area contributed by atoms with Gasteiger partial charge < -0.3 is 8.98 Å². The van der Waals surface area contributed by atoms with Crippen molar-refractivity contribution in [3.05, 3.63) is 164 Å². The first-order valence-corrected chi connectivity index (χ1v) is 16.9. The van der Waals surface area contributed by atoms with Crippen LogP contribution in [0.25, 0.3) is 104 Å². The zero-order valence-electron chi connectivity index (χ0n) is 26.8. The Hall–Kier alpha value is -6.78. The molecule has 50 heavy (non-hydrogen) atoms. The van der Waals surface area contributed by atoms with Gasteiger partial charge in [-0.3, -0.25) is 4.98 Å². The van der Waals surface area contributed by atoms with Gasteiger partial charge >= 0.3 is 0 Å². The zero-order valence-corrected chi connectivity index (χ0v) is 26.8. The van der Waals surface area contributed by atoms with Crippen molar-refractivity contribution in [1.29, 1.82) is 0 Å². The molecule has 0 radical (unpaired) electrons. The van der Waals surface area contributed by atoms with Crippen LogP contribution in [0.4, 0.5) is 0 Å². The van der Waals surface area contributed by atoms with Crippen LogP contribution in [0.1, 0.15) is 0 Å². The van der Waals surface area contributed by atoms with E-state index in [0.29, 0.717) is 0 Å². The van der Waals surface area contributed by atoms with Crippen LogP contribution in [0.15, 0.2) is 168 Å². The second-order valence-corrected chi connectivity index (χ2v) is 13.0. The van der Waals surface area contributed by atoms with E-state index < -0.39 is 0 Å². The number of hydrogen-bond donors (Lipinski definition) is 0. The maximum absolute atomic E-state index is 6.75. The van der Waals surface area contributed by atoms with Crippen LogP contribution in [0.3, 0.4) is 0 Å². The molecule has 0 saturated carbocycles. The number of fused-ring (bicyclic) bond motifs is 11. The Morgan fingerprint density at radius 3 is 1.98 bits per heavy atom. The fraction of sp³-hybridized carbons (Fsp3) is 0. The summed E-state index contributed by atoms with van der Waals surface area (Å²) in [5, 5.41) is 9.10. The number of benzene rings is 7. The first kappa shape index (κ1) is 27.2. The summed E-state index contributed by atoms with van der Waals surface area (Å²) in [5.41, 5.74) is 11.3. The van der Waals surface area contributed by atoms with Crippen molar-refractivity contribution in [1.82, 2.24) is 14.5 Å². The van der Waals surface area contributed by atoms with Gasteiger partial charge in [0.05, 0.1) is 33.4 Å². The molecule has 7 aromatic carbocycles. The van der Waals surface area contributed by atoms with Gasteiger partial charge in [-0.25, -0.2) is 4.98 Å². The Labute approximate surface area is 286 Å². The van der Waals surface area contributed by atoms with Crippen molar-refractivity contribution in [2.24, 2.45) is 0 Å². The third-order valence-electron chi connectivity index (χ3n) is 10.2. The summed E-state index contributed by atoms with van der Waals surface area (Å²) in [6, 6.07) is 55.9. The lowest BCUT2D eigenvalue weighted by Crippen LogP contribution is -1.95. The molecule has 0 atom stereocenters. The van der Waals surface area contributed by atoms with Gasteiger partial charge in [-0.1, -0.05) is 115 Å². The van der Waals surface area contributed by atoms with E-state index in [1.807, 2.05) is 12.3 Å². The highest BCUT2D eigenvalue weighted by molar-refractivity contribution is 6.22. The molecule has 11 rings (SSSR count). The smallest absolute Gasteiger partial charge is 0.143 e. The van der Waals surface area contributed by atoms with Gasteiger partial charge in [-0.2, -0.15) is 0 Å². The summed E-state index contributed by atoms with van der Waals surface area (Å²) in [4.78, 5) is 9.82. The molecule has 0 aliphatic rings. The maximum atomic E-state index is 6.75. The number of furan rings is 1. The summed E-state index contributed by atoms with van der Waals surface area (Å²) in [7, 11) is 0. The highest BCUT2D eigenvalue weighted by Gasteiger charge is 2.20. The summed E-state index contributed by atoms with van der Waals surface area (Å²) in [5.74, 6) is 0. The van der Waals surface area contributed by atoms with E-state index in [1.54, 1.807) is 0 Å². The van der Waals surface area contributed by atoms with E-state index in [-0.39, 0.29) is 0 Å². The van der Waals surface area contributed by atoms with Crippen LogP contribution in [0.2, 0.25) is 0 Å². The van der Waals surface area contributed by atoms with Crippen LogP contribution in [0, 0.1) is 0 Å². The lowest BCUT2D eigenvalue weighted by atomic mass is 9.95. The highest BCUT2D eigenvalue weighted by atomic mass is 16.3. The summed E-state index contributed by atoms with van der Waals surface area (Å²) in [6.45, 7) is 0. The molecule has 11 aromatic rings. The molecular weight excluding hydrogens is 611 g/mol. The normalized spacial score (nSPS) is 12.0. The van der Waals surface area contributed by atoms with Crippen LogP contribution in [-0.2, 0) is 0 Å². The Balaban J connectivity index is 1.16. The first-order chi connectivity index (χ1) is 24.8. The van der Waals surface area contributed by atoms with Crippen molar-refractivity contribution in [3.63, 3.8) is 0 Å². The molecule has 0 fully saturated rings. The van der Waals surface area contributed by atoms with Crippen LogP contribution in [-0.4, -0.2) is 14.5 Å². The van der Waals surface area contributed by atoms with Gasteiger partial charge in [0.2, 0.25) is 0 Å². The third-order valence-corrected chi connectivity index (χ3v) is 10.2. The lowest BCUT2D eigenvalue weighted by molar-refractivity contribution is 0.672. The molecule has 0 saturated heterocycles. The predicted octanol–water partition coefficient (Wildman–Crippen LogP) is 12.3. The van der Waals surface area contributed by atoms with Crippen LogP contribution in [0.5, 0.6) is 0 Å². The number of nitrogens with zero attached hydrogens (tertiary/aromatic N) is 3. The predicted molar refractivity (Wildman–Crippen MR) is 207 cm³/mol. The van der Waals surface area contributed by atoms with Crippen LogP contribution < -0.4 is 0 Å². The van der Waals surface area contributed by atoms with Gasteiger partial charge in [0.25, 0.3) is 0 Å². The second-order valence-electron chi connectivity index (χ2n) is 13.0. The first-order valence-electron chi connectivity index (χ1n) is 16.9. The zero-order chi connectivity index (χ0) is 32.8.